The fraction of sp³-hybridized carbons (Fsp3) is 0.235. The van der Waals surface area contributed by atoms with Gasteiger partial charge in [0.15, 0.2) is 5.16 Å². The topological polar surface area (TPSA) is 68.0 Å². The molecule has 0 amide bonds. The van der Waals surface area contributed by atoms with Crippen LogP contribution in [0.2, 0.25) is 5.02 Å². The summed E-state index contributed by atoms with van der Waals surface area (Å²) in [6.07, 6.45) is -3.83. The number of hydrogen-bond donors (Lipinski definition) is 1. The van der Waals surface area contributed by atoms with Crippen LogP contribution in [0.1, 0.15) is 18.4 Å². The molecule has 2 aromatic heterocycles. The highest BCUT2D eigenvalue weighted by Crippen LogP contribution is 2.37. The van der Waals surface area contributed by atoms with E-state index >= 15 is 0 Å². The number of nitrogens with zero attached hydrogens (tertiary/aromatic N) is 3. The van der Waals surface area contributed by atoms with E-state index in [9.17, 15) is 22.4 Å². The second-order valence-corrected chi connectivity index (χ2v) is 7.12. The van der Waals surface area contributed by atoms with Gasteiger partial charge in [0.25, 0.3) is 0 Å². The molecule has 2 heterocycles. The lowest BCUT2D eigenvalue weighted by molar-refractivity contribution is -0.138. The van der Waals surface area contributed by atoms with Crippen LogP contribution >= 0.6 is 23.4 Å². The molecular weight excluding hydrogens is 422 g/mol. The molecule has 0 spiro atoms. The van der Waals surface area contributed by atoms with E-state index < -0.39 is 23.5 Å². The van der Waals surface area contributed by atoms with Gasteiger partial charge in [0.05, 0.1) is 16.1 Å². The van der Waals surface area contributed by atoms with Gasteiger partial charge >= 0.3 is 12.1 Å². The third-order valence-electron chi connectivity index (χ3n) is 3.78. The lowest BCUT2D eigenvalue weighted by Crippen LogP contribution is -2.06. The molecule has 0 atom stereocenters. The summed E-state index contributed by atoms with van der Waals surface area (Å²) in [5.74, 6) is -1.54. The van der Waals surface area contributed by atoms with Gasteiger partial charge in [0.1, 0.15) is 16.4 Å². The van der Waals surface area contributed by atoms with Crippen LogP contribution in [0.15, 0.2) is 40.6 Å². The van der Waals surface area contributed by atoms with E-state index in [2.05, 4.69) is 9.97 Å². The van der Waals surface area contributed by atoms with Gasteiger partial charge in [-0.05, 0) is 36.4 Å². The molecule has 3 aromatic rings. The maximum atomic E-state index is 14.3. The van der Waals surface area contributed by atoms with Crippen LogP contribution in [-0.2, 0) is 17.5 Å². The van der Waals surface area contributed by atoms with E-state index in [-0.39, 0.29) is 40.1 Å². The normalized spacial score (nSPS) is 11.9. The number of carboxylic acids is 1. The zero-order chi connectivity index (χ0) is 20.5. The summed E-state index contributed by atoms with van der Waals surface area (Å²) in [5, 5.41) is 8.92. The highest BCUT2D eigenvalue weighted by atomic mass is 35.5. The fourth-order valence-corrected chi connectivity index (χ4v) is 3.69. The highest BCUT2D eigenvalue weighted by Gasteiger charge is 2.31. The number of halogens is 5. The highest BCUT2D eigenvalue weighted by molar-refractivity contribution is 7.99. The van der Waals surface area contributed by atoms with Crippen molar-refractivity contribution in [2.24, 2.45) is 0 Å². The minimum absolute atomic E-state index is 0.0739. The van der Waals surface area contributed by atoms with Crippen LogP contribution in [-0.4, -0.2) is 25.6 Å². The molecule has 3 rings (SSSR count). The first-order chi connectivity index (χ1) is 13.2. The van der Waals surface area contributed by atoms with Crippen molar-refractivity contribution in [3.63, 3.8) is 0 Å². The number of alkyl halides is 3. The first kappa shape index (κ1) is 20.4. The molecule has 1 aromatic carbocycles. The van der Waals surface area contributed by atoms with Crippen LogP contribution in [0.4, 0.5) is 17.6 Å². The van der Waals surface area contributed by atoms with Crippen molar-refractivity contribution >= 4 is 40.4 Å². The lowest BCUT2D eigenvalue weighted by Gasteiger charge is -2.10. The van der Waals surface area contributed by atoms with Crippen molar-refractivity contribution in [2.75, 3.05) is 0 Å². The van der Waals surface area contributed by atoms with Crippen LogP contribution in [0.5, 0.6) is 0 Å². The molecule has 1 N–H and O–H groups in total. The molecule has 0 radical (unpaired) electrons. The van der Waals surface area contributed by atoms with Gasteiger partial charge in [-0.2, -0.15) is 13.2 Å². The van der Waals surface area contributed by atoms with E-state index in [1.54, 1.807) is 6.07 Å². The number of rotatable bonds is 6. The van der Waals surface area contributed by atoms with Gasteiger partial charge in [-0.3, -0.25) is 4.79 Å². The molecule has 0 saturated carbocycles. The Bertz CT molecular complexity index is 1040. The summed E-state index contributed by atoms with van der Waals surface area (Å²) in [7, 11) is 0. The van der Waals surface area contributed by atoms with Gasteiger partial charge < -0.3 is 9.67 Å². The molecule has 0 aliphatic heterocycles. The maximum absolute atomic E-state index is 14.3. The van der Waals surface area contributed by atoms with E-state index in [0.29, 0.717) is 11.7 Å². The molecule has 0 saturated heterocycles. The first-order valence-electron chi connectivity index (χ1n) is 7.94. The number of carboxylic acid groups (broad SMARTS) is 1. The second-order valence-electron chi connectivity index (χ2n) is 5.76. The Balaban J connectivity index is 1.98. The number of aromatic nitrogens is 3. The lowest BCUT2D eigenvalue weighted by atomic mass is 10.3. The average molecular weight is 434 g/mol. The number of aryl methyl sites for hydroxylation is 1. The van der Waals surface area contributed by atoms with Crippen molar-refractivity contribution in [2.45, 2.75) is 35.7 Å². The van der Waals surface area contributed by atoms with Crippen LogP contribution in [0.25, 0.3) is 11.0 Å². The Morgan fingerprint density at radius 2 is 2.07 bits per heavy atom. The Morgan fingerprint density at radius 3 is 2.71 bits per heavy atom. The Hall–Kier alpha value is -2.33. The zero-order valence-electron chi connectivity index (χ0n) is 14.0. The monoisotopic (exact) mass is 433 g/mol. The minimum Gasteiger partial charge on any atom is -0.481 e. The third kappa shape index (κ3) is 4.39. The van der Waals surface area contributed by atoms with Gasteiger partial charge in [-0.25, -0.2) is 14.4 Å². The number of pyridine rings is 1. The van der Waals surface area contributed by atoms with E-state index in [1.165, 1.54) is 16.7 Å². The maximum Gasteiger partial charge on any atom is 0.417 e. The van der Waals surface area contributed by atoms with E-state index in [4.69, 9.17) is 16.7 Å². The summed E-state index contributed by atoms with van der Waals surface area (Å²) < 4.78 is 54.1. The molecule has 148 valence electrons. The molecule has 0 aliphatic carbocycles. The minimum atomic E-state index is -4.58. The predicted molar refractivity (Wildman–Crippen MR) is 94.9 cm³/mol. The number of para-hydroxylation sites is 1. The molecular formula is C17H12ClF4N3O2S. The average Bonchev–Trinajstić information content (AvgIpc) is 2.94. The molecule has 0 fully saturated rings. The number of carbonyl (C=O) groups is 1. The number of aliphatic carboxylic acids is 1. The van der Waals surface area contributed by atoms with Crippen molar-refractivity contribution in [1.29, 1.82) is 0 Å². The largest absolute Gasteiger partial charge is 0.481 e. The van der Waals surface area contributed by atoms with Crippen LogP contribution in [0.3, 0.4) is 0 Å². The van der Waals surface area contributed by atoms with Crippen molar-refractivity contribution in [3.8, 4) is 0 Å². The number of imidazole rings is 1. The zero-order valence-corrected chi connectivity index (χ0v) is 15.6. The summed E-state index contributed by atoms with van der Waals surface area (Å²) >= 11 is 6.82. The van der Waals surface area contributed by atoms with E-state index in [1.807, 2.05) is 0 Å². The van der Waals surface area contributed by atoms with Crippen LogP contribution < -0.4 is 0 Å². The smallest absolute Gasteiger partial charge is 0.417 e. The van der Waals surface area contributed by atoms with Gasteiger partial charge in [0.2, 0.25) is 0 Å². The van der Waals surface area contributed by atoms with Gasteiger partial charge in [-0.15, -0.1) is 0 Å². The third-order valence-corrected chi connectivity index (χ3v) is 5.19. The second kappa shape index (κ2) is 7.96. The SMILES string of the molecule is O=C(O)CCCn1c(Sc2ncc(C(F)(F)F)cc2Cl)nc2cccc(F)c21. The van der Waals surface area contributed by atoms with E-state index in [0.717, 1.165) is 17.8 Å². The Morgan fingerprint density at radius 1 is 1.32 bits per heavy atom. The molecule has 11 heteroatoms. The van der Waals surface area contributed by atoms with Crippen LogP contribution in [0, 0.1) is 5.82 Å². The van der Waals surface area contributed by atoms with Gasteiger partial charge in [-0.1, -0.05) is 17.7 Å². The predicted octanol–water partition coefficient (Wildman–Crippen LogP) is 5.26. The summed E-state index contributed by atoms with van der Waals surface area (Å²) in [6, 6.07) is 5.06. The Kier molecular flexibility index (Phi) is 5.80. The fourth-order valence-electron chi connectivity index (χ4n) is 2.54. The van der Waals surface area contributed by atoms with Crippen molar-refractivity contribution in [1.82, 2.24) is 14.5 Å². The van der Waals surface area contributed by atoms with Crippen molar-refractivity contribution in [3.05, 3.63) is 46.9 Å². The number of hydrogen-bond acceptors (Lipinski definition) is 4. The number of benzene rings is 1. The first-order valence-corrected chi connectivity index (χ1v) is 9.13. The molecule has 0 unspecified atom stereocenters. The summed E-state index contributed by atoms with van der Waals surface area (Å²) in [4.78, 5) is 18.8. The molecule has 28 heavy (non-hydrogen) atoms. The standard InChI is InChI=1S/C17H12ClF4N3O2S/c18-10-7-9(17(20,21)22)8-23-15(10)28-16-24-12-4-1-3-11(19)14(12)25(16)6-2-5-13(26)27/h1,3-4,7-8H,2,5-6H2,(H,26,27). The van der Waals surface area contributed by atoms with Crippen molar-refractivity contribution < 1.29 is 27.5 Å². The number of fused-ring (bicyclic) bond motifs is 1. The van der Waals surface area contributed by atoms with Gasteiger partial charge in [0, 0.05) is 19.2 Å². The molecule has 0 aliphatic rings. The molecule has 5 nitrogen and oxygen atoms in total. The Labute approximate surface area is 165 Å². The summed E-state index contributed by atoms with van der Waals surface area (Å²) in [6.45, 7) is 0.157. The summed E-state index contributed by atoms with van der Waals surface area (Å²) in [5.41, 5.74) is -0.470. The molecule has 0 bridgehead atoms. The quantitative estimate of drug-likeness (QED) is 0.537.